The van der Waals surface area contributed by atoms with Gasteiger partial charge in [-0.25, -0.2) is 0 Å². The predicted octanol–water partition coefficient (Wildman–Crippen LogP) is 3.96. The molecule has 13 heteroatoms. The maximum Gasteiger partial charge on any atom is 0.295 e. The number of carbonyl (C=O) groups excluding carboxylic acids is 2. The minimum Gasteiger partial charge on any atom is -0.454 e. The first-order valence-electron chi connectivity index (χ1n) is 8.61. The number of nitro groups is 1. The van der Waals surface area contributed by atoms with Crippen LogP contribution in [0.3, 0.4) is 0 Å². The van der Waals surface area contributed by atoms with Crippen LogP contribution in [-0.2, 0) is 0 Å². The summed E-state index contributed by atoms with van der Waals surface area (Å²) < 4.78 is 6.39. The number of nitrogens with zero attached hydrogens (tertiary/aromatic N) is 2. The number of nitro benzene ring substituents is 1. The molecule has 0 unspecified atom stereocenters. The fraction of sp³-hybridized carbons (Fsp3) is 0. The molecule has 1 aliphatic rings. The Morgan fingerprint density at radius 1 is 1.00 bits per heavy atom. The van der Waals surface area contributed by atoms with Crippen molar-refractivity contribution in [2.75, 3.05) is 5.73 Å². The van der Waals surface area contributed by atoms with Crippen LogP contribution in [0, 0.1) is 10.1 Å². The predicted molar refractivity (Wildman–Crippen MR) is 116 cm³/mol. The van der Waals surface area contributed by atoms with Gasteiger partial charge in [0.15, 0.2) is 0 Å². The molecule has 0 bridgehead atoms. The van der Waals surface area contributed by atoms with Crippen LogP contribution < -0.4 is 21.3 Å². The molecule has 0 spiro atoms. The number of nitrogens with one attached hydrogen (secondary N) is 1. The van der Waals surface area contributed by atoms with E-state index in [-0.39, 0.29) is 43.4 Å². The number of fused-ring (bicyclic) bond motifs is 1. The molecular formula is C19H9Cl3N4O6. The molecule has 0 saturated heterocycles. The Balaban J connectivity index is 1.96. The Morgan fingerprint density at radius 2 is 1.72 bits per heavy atom. The van der Waals surface area contributed by atoms with Crippen molar-refractivity contribution in [2.45, 2.75) is 0 Å². The van der Waals surface area contributed by atoms with Gasteiger partial charge in [-0.1, -0.05) is 40.9 Å². The molecule has 10 nitrogen and oxygen atoms in total. The molecule has 1 aliphatic heterocycles. The zero-order chi connectivity index (χ0) is 23.3. The number of nitrogens with two attached hydrogens (primary N) is 1. The van der Waals surface area contributed by atoms with E-state index in [1.54, 1.807) is 6.07 Å². The van der Waals surface area contributed by atoms with Gasteiger partial charge in [0.2, 0.25) is 0 Å². The van der Waals surface area contributed by atoms with Crippen LogP contribution in [0.4, 0.5) is 11.5 Å². The van der Waals surface area contributed by atoms with Gasteiger partial charge in [0.1, 0.15) is 28.0 Å². The highest BCUT2D eigenvalue weighted by Crippen LogP contribution is 2.41. The Hall–Kier alpha value is -3.60. The molecule has 0 atom stereocenters. The van der Waals surface area contributed by atoms with E-state index in [1.165, 1.54) is 12.1 Å². The lowest BCUT2D eigenvalue weighted by atomic mass is 10.1. The highest BCUT2D eigenvalue weighted by molar-refractivity contribution is 6.43. The van der Waals surface area contributed by atoms with E-state index in [0.717, 1.165) is 22.8 Å². The number of aromatic nitrogens is 1. The van der Waals surface area contributed by atoms with Crippen molar-refractivity contribution in [3.63, 3.8) is 0 Å². The van der Waals surface area contributed by atoms with Crippen LogP contribution in [0.5, 0.6) is 11.5 Å². The van der Waals surface area contributed by atoms with E-state index >= 15 is 0 Å². The number of halogens is 3. The molecule has 0 fully saturated rings. The molecule has 4 rings (SSSR count). The number of imide groups is 1. The van der Waals surface area contributed by atoms with Crippen molar-refractivity contribution in [3.8, 4) is 17.2 Å². The van der Waals surface area contributed by atoms with E-state index in [0.29, 0.717) is 0 Å². The summed E-state index contributed by atoms with van der Waals surface area (Å²) in [6, 6.07) is 7.47. The second-order valence-corrected chi connectivity index (χ2v) is 7.65. The number of pyridine rings is 1. The van der Waals surface area contributed by atoms with Crippen molar-refractivity contribution < 1.29 is 19.2 Å². The summed E-state index contributed by atoms with van der Waals surface area (Å²) in [7, 11) is 0. The molecule has 1 aromatic heterocycles. The van der Waals surface area contributed by atoms with E-state index < -0.39 is 33.8 Å². The van der Waals surface area contributed by atoms with E-state index in [4.69, 9.17) is 45.3 Å². The second kappa shape index (κ2) is 7.83. The molecule has 0 aliphatic carbocycles. The zero-order valence-electron chi connectivity index (χ0n) is 15.5. The Kier molecular flexibility index (Phi) is 5.29. The van der Waals surface area contributed by atoms with Crippen LogP contribution in [0.2, 0.25) is 15.1 Å². The summed E-state index contributed by atoms with van der Waals surface area (Å²) in [4.78, 5) is 47.6. The zero-order valence-corrected chi connectivity index (χ0v) is 17.8. The van der Waals surface area contributed by atoms with Gasteiger partial charge in [0, 0.05) is 18.2 Å². The van der Waals surface area contributed by atoms with Crippen LogP contribution in [0.25, 0.3) is 5.69 Å². The van der Waals surface area contributed by atoms with Crippen LogP contribution in [-0.4, -0.2) is 21.3 Å². The Labute approximate surface area is 193 Å². The average molecular weight is 496 g/mol. The van der Waals surface area contributed by atoms with Crippen LogP contribution in [0.1, 0.15) is 20.7 Å². The van der Waals surface area contributed by atoms with Crippen LogP contribution >= 0.6 is 34.8 Å². The van der Waals surface area contributed by atoms with Gasteiger partial charge in [-0.3, -0.25) is 34.4 Å². The number of nitrogen functional groups attached to an aromatic ring is 1. The molecule has 3 aromatic rings. The minimum atomic E-state index is -0.886. The third kappa shape index (κ3) is 3.44. The van der Waals surface area contributed by atoms with Gasteiger partial charge >= 0.3 is 0 Å². The maximum absolute atomic E-state index is 12.7. The fourth-order valence-electron chi connectivity index (χ4n) is 3.14. The van der Waals surface area contributed by atoms with Gasteiger partial charge in [0.05, 0.1) is 26.1 Å². The van der Waals surface area contributed by atoms with E-state index in [9.17, 15) is 24.5 Å². The summed E-state index contributed by atoms with van der Waals surface area (Å²) in [5, 5.41) is 13.8. The first-order valence-corrected chi connectivity index (χ1v) is 9.75. The van der Waals surface area contributed by atoms with Crippen molar-refractivity contribution in [3.05, 3.63) is 83.1 Å². The SMILES string of the molecule is Nc1c2c(cc(=O)n1-c1cc(Oc3cccc(Cl)c3Cl)c(Cl)cc1[N+](=O)[O-])C(=O)NC2=O. The van der Waals surface area contributed by atoms with Crippen molar-refractivity contribution in [2.24, 2.45) is 0 Å². The van der Waals surface area contributed by atoms with Gasteiger partial charge in [-0.05, 0) is 12.1 Å². The van der Waals surface area contributed by atoms with Crippen LogP contribution in [0.15, 0.2) is 41.2 Å². The van der Waals surface area contributed by atoms with Crippen molar-refractivity contribution in [1.82, 2.24) is 9.88 Å². The smallest absolute Gasteiger partial charge is 0.295 e. The highest BCUT2D eigenvalue weighted by atomic mass is 35.5. The Morgan fingerprint density at radius 3 is 2.41 bits per heavy atom. The second-order valence-electron chi connectivity index (χ2n) is 6.46. The maximum atomic E-state index is 12.7. The number of ether oxygens (including phenoxy) is 1. The largest absolute Gasteiger partial charge is 0.454 e. The van der Waals surface area contributed by atoms with Crippen molar-refractivity contribution >= 4 is 58.1 Å². The van der Waals surface area contributed by atoms with E-state index in [2.05, 4.69) is 0 Å². The van der Waals surface area contributed by atoms with Gasteiger partial charge in [-0.15, -0.1) is 0 Å². The molecule has 2 heterocycles. The molecule has 162 valence electrons. The summed E-state index contributed by atoms with van der Waals surface area (Å²) in [5.74, 6) is -2.11. The quantitative estimate of drug-likeness (QED) is 0.316. The average Bonchev–Trinajstić information content (AvgIpc) is 3.00. The monoisotopic (exact) mass is 494 g/mol. The molecule has 2 amide bonds. The normalized spacial score (nSPS) is 12.5. The summed E-state index contributed by atoms with van der Waals surface area (Å²) in [6.45, 7) is 0. The van der Waals surface area contributed by atoms with Gasteiger partial charge in [0.25, 0.3) is 23.1 Å². The minimum absolute atomic E-state index is 0.0644. The summed E-state index contributed by atoms with van der Waals surface area (Å²) in [5.41, 5.74) is 3.65. The lowest BCUT2D eigenvalue weighted by molar-refractivity contribution is -0.384. The number of hydrogen-bond donors (Lipinski definition) is 2. The van der Waals surface area contributed by atoms with Gasteiger partial charge in [-0.2, -0.15) is 0 Å². The number of carbonyl (C=O) groups is 2. The molecule has 0 radical (unpaired) electrons. The topological polar surface area (TPSA) is 147 Å². The lowest BCUT2D eigenvalue weighted by Crippen LogP contribution is -2.24. The fourth-order valence-corrected chi connectivity index (χ4v) is 3.67. The first kappa shape index (κ1) is 21.6. The molecule has 32 heavy (non-hydrogen) atoms. The first-order chi connectivity index (χ1) is 15.1. The summed E-state index contributed by atoms with van der Waals surface area (Å²) in [6.07, 6.45) is 0. The molecule has 0 saturated carbocycles. The highest BCUT2D eigenvalue weighted by Gasteiger charge is 2.33. The molecule has 2 aromatic carbocycles. The lowest BCUT2D eigenvalue weighted by Gasteiger charge is -2.15. The number of benzene rings is 2. The molecule has 3 N–H and O–H groups in total. The third-order valence-electron chi connectivity index (χ3n) is 4.56. The number of hydrogen-bond acceptors (Lipinski definition) is 7. The number of anilines is 1. The third-order valence-corrected chi connectivity index (χ3v) is 5.65. The number of rotatable bonds is 4. The molecular weight excluding hydrogens is 487 g/mol. The number of amides is 2. The Bertz CT molecular complexity index is 1420. The standard InChI is InChI=1S/C19H9Cl3N4O6/c20-8-2-1-3-12(16(8)22)32-13-6-10(11(26(30)31)5-9(13)21)25-14(27)4-7-15(17(25)23)19(29)24-18(7)28/h1-6H,23H2,(H,24,28,29). The van der Waals surface area contributed by atoms with Crippen molar-refractivity contribution in [1.29, 1.82) is 0 Å². The summed E-state index contributed by atoms with van der Waals surface area (Å²) >= 11 is 18.2. The van der Waals surface area contributed by atoms with Gasteiger partial charge < -0.3 is 10.5 Å². The van der Waals surface area contributed by atoms with E-state index in [1.807, 2.05) is 5.32 Å².